The lowest BCUT2D eigenvalue weighted by atomic mass is 9.98. The molecule has 1 aliphatic rings. The van der Waals surface area contributed by atoms with E-state index in [4.69, 9.17) is 4.74 Å². The van der Waals surface area contributed by atoms with E-state index in [1.807, 2.05) is 18.3 Å². The summed E-state index contributed by atoms with van der Waals surface area (Å²) >= 11 is 0. The Morgan fingerprint density at radius 2 is 2.21 bits per heavy atom. The Hall–Kier alpha value is -1.77. The third kappa shape index (κ3) is 2.37. The molecule has 1 atom stereocenters. The SMILES string of the molecule is COc1ccccc1Cc1ncc2n1CCC(C)C2. The molecule has 100 valence electrons. The van der Waals surface area contributed by atoms with E-state index in [0.29, 0.717) is 0 Å². The van der Waals surface area contributed by atoms with E-state index in [1.165, 1.54) is 17.7 Å². The minimum atomic E-state index is 0.781. The Kier molecular flexibility index (Phi) is 3.28. The normalized spacial score (nSPS) is 18.1. The Morgan fingerprint density at radius 1 is 1.37 bits per heavy atom. The largest absolute Gasteiger partial charge is 0.496 e. The third-order valence-electron chi connectivity index (χ3n) is 3.97. The molecule has 1 unspecified atom stereocenters. The second-order valence-corrected chi connectivity index (χ2v) is 5.40. The van der Waals surface area contributed by atoms with Gasteiger partial charge in [0.05, 0.1) is 7.11 Å². The number of fused-ring (bicyclic) bond motifs is 1. The standard InChI is InChI=1S/C16H20N2O/c1-12-7-8-18-14(9-12)11-17-16(18)10-13-5-3-4-6-15(13)19-2/h3-6,11-12H,7-10H2,1-2H3. The highest BCUT2D eigenvalue weighted by Gasteiger charge is 2.19. The molecule has 1 aromatic carbocycles. The van der Waals surface area contributed by atoms with Gasteiger partial charge in [0.1, 0.15) is 11.6 Å². The fourth-order valence-corrected chi connectivity index (χ4v) is 2.86. The molecule has 3 rings (SSSR count). The van der Waals surface area contributed by atoms with Crippen LogP contribution >= 0.6 is 0 Å². The van der Waals surface area contributed by atoms with Crippen LogP contribution < -0.4 is 4.74 Å². The van der Waals surface area contributed by atoms with Crippen LogP contribution in [-0.2, 0) is 19.4 Å². The fourth-order valence-electron chi connectivity index (χ4n) is 2.86. The van der Waals surface area contributed by atoms with Crippen LogP contribution in [0.2, 0.25) is 0 Å². The number of ether oxygens (including phenoxy) is 1. The topological polar surface area (TPSA) is 27.1 Å². The van der Waals surface area contributed by atoms with Gasteiger partial charge in [-0.1, -0.05) is 25.1 Å². The van der Waals surface area contributed by atoms with Crippen molar-refractivity contribution in [2.45, 2.75) is 32.7 Å². The molecule has 1 aliphatic heterocycles. The van der Waals surface area contributed by atoms with Crippen LogP contribution in [0.3, 0.4) is 0 Å². The van der Waals surface area contributed by atoms with Crippen LogP contribution in [0, 0.1) is 5.92 Å². The van der Waals surface area contributed by atoms with Gasteiger partial charge in [0, 0.05) is 30.4 Å². The smallest absolute Gasteiger partial charge is 0.122 e. The van der Waals surface area contributed by atoms with Crippen LogP contribution in [0.5, 0.6) is 5.75 Å². The summed E-state index contributed by atoms with van der Waals surface area (Å²) in [6.07, 6.45) is 5.29. The van der Waals surface area contributed by atoms with Gasteiger partial charge < -0.3 is 9.30 Å². The number of nitrogens with zero attached hydrogens (tertiary/aromatic N) is 2. The number of hydrogen-bond acceptors (Lipinski definition) is 2. The molecule has 3 nitrogen and oxygen atoms in total. The van der Waals surface area contributed by atoms with E-state index in [1.54, 1.807) is 7.11 Å². The second kappa shape index (κ2) is 5.08. The highest BCUT2D eigenvalue weighted by Crippen LogP contribution is 2.25. The third-order valence-corrected chi connectivity index (χ3v) is 3.97. The zero-order valence-electron chi connectivity index (χ0n) is 11.6. The van der Waals surface area contributed by atoms with Gasteiger partial charge in [-0.15, -0.1) is 0 Å². The molecule has 0 saturated heterocycles. The lowest BCUT2D eigenvalue weighted by Crippen LogP contribution is -2.18. The number of para-hydroxylation sites is 1. The summed E-state index contributed by atoms with van der Waals surface area (Å²) in [6.45, 7) is 3.41. The van der Waals surface area contributed by atoms with Crippen LogP contribution in [0.1, 0.15) is 30.4 Å². The predicted molar refractivity (Wildman–Crippen MR) is 75.5 cm³/mol. The molecule has 2 aromatic rings. The number of rotatable bonds is 3. The quantitative estimate of drug-likeness (QED) is 0.844. The van der Waals surface area contributed by atoms with E-state index in [9.17, 15) is 0 Å². The highest BCUT2D eigenvalue weighted by molar-refractivity contribution is 5.35. The maximum absolute atomic E-state index is 5.42. The van der Waals surface area contributed by atoms with E-state index in [0.717, 1.165) is 36.9 Å². The van der Waals surface area contributed by atoms with Crippen molar-refractivity contribution in [1.29, 1.82) is 0 Å². The molecule has 0 fully saturated rings. The van der Waals surface area contributed by atoms with Crippen molar-refractivity contribution >= 4 is 0 Å². The van der Waals surface area contributed by atoms with Crippen molar-refractivity contribution in [2.75, 3.05) is 7.11 Å². The first-order valence-corrected chi connectivity index (χ1v) is 6.93. The first-order chi connectivity index (χ1) is 9.28. The van der Waals surface area contributed by atoms with Gasteiger partial charge in [0.15, 0.2) is 0 Å². The molecule has 2 heterocycles. The Morgan fingerprint density at radius 3 is 3.05 bits per heavy atom. The van der Waals surface area contributed by atoms with E-state index >= 15 is 0 Å². The summed E-state index contributed by atoms with van der Waals surface area (Å²) in [4.78, 5) is 4.61. The molecule has 0 saturated carbocycles. The molecule has 1 aromatic heterocycles. The van der Waals surface area contributed by atoms with E-state index in [-0.39, 0.29) is 0 Å². The van der Waals surface area contributed by atoms with E-state index in [2.05, 4.69) is 28.6 Å². The molecule has 3 heteroatoms. The summed E-state index contributed by atoms with van der Waals surface area (Å²) < 4.78 is 7.80. The summed E-state index contributed by atoms with van der Waals surface area (Å²) in [5.41, 5.74) is 2.58. The van der Waals surface area contributed by atoms with Gasteiger partial charge >= 0.3 is 0 Å². The molecular weight excluding hydrogens is 236 g/mol. The number of benzene rings is 1. The average Bonchev–Trinajstić information content (AvgIpc) is 2.82. The molecule has 0 N–H and O–H groups in total. The average molecular weight is 256 g/mol. The van der Waals surface area contributed by atoms with Crippen LogP contribution in [-0.4, -0.2) is 16.7 Å². The molecule has 0 aliphatic carbocycles. The Bertz CT molecular complexity index is 574. The van der Waals surface area contributed by atoms with Crippen LogP contribution in [0.15, 0.2) is 30.5 Å². The number of imidazole rings is 1. The van der Waals surface area contributed by atoms with Gasteiger partial charge in [0.2, 0.25) is 0 Å². The van der Waals surface area contributed by atoms with Crippen molar-refractivity contribution in [2.24, 2.45) is 5.92 Å². The van der Waals surface area contributed by atoms with Gasteiger partial charge in [-0.3, -0.25) is 0 Å². The van der Waals surface area contributed by atoms with Gasteiger partial charge in [0.25, 0.3) is 0 Å². The Labute approximate surface area is 114 Å². The minimum absolute atomic E-state index is 0.781. The maximum Gasteiger partial charge on any atom is 0.122 e. The number of methoxy groups -OCH3 is 1. The van der Waals surface area contributed by atoms with Crippen LogP contribution in [0.25, 0.3) is 0 Å². The predicted octanol–water partition coefficient (Wildman–Crippen LogP) is 3.06. The summed E-state index contributed by atoms with van der Waals surface area (Å²) in [5, 5.41) is 0. The zero-order chi connectivity index (χ0) is 13.2. The summed E-state index contributed by atoms with van der Waals surface area (Å²) in [7, 11) is 1.72. The summed E-state index contributed by atoms with van der Waals surface area (Å²) in [6, 6.07) is 8.19. The first kappa shape index (κ1) is 12.3. The van der Waals surface area contributed by atoms with Crippen molar-refractivity contribution in [3.8, 4) is 5.75 Å². The Balaban J connectivity index is 1.88. The van der Waals surface area contributed by atoms with Crippen molar-refractivity contribution < 1.29 is 4.74 Å². The van der Waals surface area contributed by atoms with Crippen LogP contribution in [0.4, 0.5) is 0 Å². The highest BCUT2D eigenvalue weighted by atomic mass is 16.5. The summed E-state index contributed by atoms with van der Waals surface area (Å²) in [5.74, 6) is 2.89. The van der Waals surface area contributed by atoms with Crippen molar-refractivity contribution in [1.82, 2.24) is 9.55 Å². The monoisotopic (exact) mass is 256 g/mol. The maximum atomic E-state index is 5.42. The zero-order valence-corrected chi connectivity index (χ0v) is 11.6. The van der Waals surface area contributed by atoms with Gasteiger partial charge in [-0.2, -0.15) is 0 Å². The lowest BCUT2D eigenvalue weighted by Gasteiger charge is -2.22. The molecule has 0 bridgehead atoms. The van der Waals surface area contributed by atoms with Gasteiger partial charge in [-0.05, 0) is 24.8 Å². The van der Waals surface area contributed by atoms with Crippen molar-refractivity contribution in [3.05, 3.63) is 47.5 Å². The molecule has 19 heavy (non-hydrogen) atoms. The van der Waals surface area contributed by atoms with Crippen molar-refractivity contribution in [3.63, 3.8) is 0 Å². The first-order valence-electron chi connectivity index (χ1n) is 6.93. The second-order valence-electron chi connectivity index (χ2n) is 5.40. The molecule has 0 amide bonds. The minimum Gasteiger partial charge on any atom is -0.496 e. The van der Waals surface area contributed by atoms with E-state index < -0.39 is 0 Å². The fraction of sp³-hybridized carbons (Fsp3) is 0.438. The number of aromatic nitrogens is 2. The lowest BCUT2D eigenvalue weighted by molar-refractivity contribution is 0.403. The van der Waals surface area contributed by atoms with Gasteiger partial charge in [-0.25, -0.2) is 4.98 Å². The molecular formula is C16H20N2O. The molecule has 0 radical (unpaired) electrons. The number of hydrogen-bond donors (Lipinski definition) is 0. The molecule has 0 spiro atoms.